The van der Waals surface area contributed by atoms with E-state index in [9.17, 15) is 14.4 Å². The zero-order valence-electron chi connectivity index (χ0n) is 14.0. The number of amides is 1. The molecular formula is C18H17Cl2NO4S. The average molecular weight is 414 g/mol. The summed E-state index contributed by atoms with van der Waals surface area (Å²) in [5.74, 6) is -1.17. The van der Waals surface area contributed by atoms with Crippen molar-refractivity contribution >= 4 is 52.2 Å². The topological polar surface area (TPSA) is 72.5 Å². The minimum atomic E-state index is -0.595. The van der Waals surface area contributed by atoms with Gasteiger partial charge in [0.05, 0.1) is 17.3 Å². The van der Waals surface area contributed by atoms with E-state index >= 15 is 0 Å². The predicted molar refractivity (Wildman–Crippen MR) is 102 cm³/mol. The Morgan fingerprint density at radius 1 is 1.19 bits per heavy atom. The highest BCUT2D eigenvalue weighted by molar-refractivity contribution is 7.12. The van der Waals surface area contributed by atoms with Gasteiger partial charge >= 0.3 is 5.97 Å². The highest BCUT2D eigenvalue weighted by Gasteiger charge is 2.15. The average Bonchev–Trinajstić information content (AvgIpc) is 3.12. The summed E-state index contributed by atoms with van der Waals surface area (Å²) < 4.78 is 4.90. The van der Waals surface area contributed by atoms with Gasteiger partial charge in [-0.05, 0) is 36.1 Å². The third-order valence-electron chi connectivity index (χ3n) is 3.52. The monoisotopic (exact) mass is 413 g/mol. The Labute approximate surface area is 165 Å². The number of Topliss-reactive ketones (excluding diaryl/α,β-unsaturated/α-hetero) is 1. The van der Waals surface area contributed by atoms with Gasteiger partial charge in [0.1, 0.15) is 0 Å². The molecular weight excluding hydrogens is 397 g/mol. The number of esters is 1. The molecule has 0 saturated heterocycles. The highest BCUT2D eigenvalue weighted by atomic mass is 35.5. The lowest BCUT2D eigenvalue weighted by atomic mass is 10.1. The molecule has 0 unspecified atom stereocenters. The molecule has 1 aromatic carbocycles. The van der Waals surface area contributed by atoms with Crippen LogP contribution in [0.15, 0.2) is 35.7 Å². The number of halogens is 2. The van der Waals surface area contributed by atoms with E-state index in [0.29, 0.717) is 20.5 Å². The van der Waals surface area contributed by atoms with Crippen LogP contribution in [0.2, 0.25) is 10.0 Å². The summed E-state index contributed by atoms with van der Waals surface area (Å²) in [6.07, 6.45) is -0.0136. The van der Waals surface area contributed by atoms with Gasteiger partial charge in [-0.1, -0.05) is 35.3 Å². The first-order chi connectivity index (χ1) is 12.4. The first-order valence-corrected chi connectivity index (χ1v) is 9.47. The summed E-state index contributed by atoms with van der Waals surface area (Å²) in [5, 5.41) is 5.43. The third-order valence-corrected chi connectivity index (χ3v) is 5.00. The van der Waals surface area contributed by atoms with Gasteiger partial charge in [-0.3, -0.25) is 14.4 Å². The molecule has 2 rings (SSSR count). The van der Waals surface area contributed by atoms with Crippen LogP contribution >= 0.6 is 34.5 Å². The summed E-state index contributed by atoms with van der Waals surface area (Å²) in [5.41, 5.74) is 0.706. The van der Waals surface area contributed by atoms with E-state index in [0.717, 1.165) is 0 Å². The molecule has 0 fully saturated rings. The van der Waals surface area contributed by atoms with Crippen molar-refractivity contribution in [3.05, 3.63) is 56.2 Å². The summed E-state index contributed by atoms with van der Waals surface area (Å²) in [7, 11) is 0. The van der Waals surface area contributed by atoms with Crippen molar-refractivity contribution in [2.75, 3.05) is 6.61 Å². The van der Waals surface area contributed by atoms with Crippen LogP contribution in [-0.4, -0.2) is 24.3 Å². The van der Waals surface area contributed by atoms with Gasteiger partial charge in [-0.2, -0.15) is 0 Å². The standard InChI is InChI=1S/C18H17Cl2NO4S/c1-11(13-5-4-12(19)9-14(13)20)21-17(23)10-25-18(24)7-6-15(22)16-3-2-8-26-16/h2-5,8-9,11H,6-7,10H2,1H3,(H,21,23)/t11-/m1/s1. The van der Waals surface area contributed by atoms with E-state index in [-0.39, 0.29) is 24.7 Å². The predicted octanol–water partition coefficient (Wildman–Crippen LogP) is 4.44. The van der Waals surface area contributed by atoms with E-state index in [1.54, 1.807) is 42.6 Å². The van der Waals surface area contributed by atoms with Crippen molar-refractivity contribution in [2.24, 2.45) is 0 Å². The Balaban J connectivity index is 1.73. The van der Waals surface area contributed by atoms with Crippen LogP contribution in [-0.2, 0) is 14.3 Å². The second-order valence-electron chi connectivity index (χ2n) is 5.52. The minimum Gasteiger partial charge on any atom is -0.456 e. The molecule has 0 aliphatic rings. The SMILES string of the molecule is C[C@@H](NC(=O)COC(=O)CCC(=O)c1cccs1)c1ccc(Cl)cc1Cl. The van der Waals surface area contributed by atoms with E-state index in [1.807, 2.05) is 0 Å². The van der Waals surface area contributed by atoms with E-state index in [1.165, 1.54) is 11.3 Å². The number of ketones is 1. The molecule has 0 aliphatic heterocycles. The first-order valence-electron chi connectivity index (χ1n) is 7.83. The summed E-state index contributed by atoms with van der Waals surface area (Å²) in [4.78, 5) is 36.0. The largest absolute Gasteiger partial charge is 0.456 e. The molecule has 0 saturated carbocycles. The Hall–Kier alpha value is -1.89. The van der Waals surface area contributed by atoms with Gasteiger partial charge in [0.2, 0.25) is 0 Å². The van der Waals surface area contributed by atoms with E-state index < -0.39 is 18.5 Å². The number of hydrogen-bond acceptors (Lipinski definition) is 5. The smallest absolute Gasteiger partial charge is 0.306 e. The van der Waals surface area contributed by atoms with Crippen LogP contribution in [0.4, 0.5) is 0 Å². The van der Waals surface area contributed by atoms with Crippen molar-refractivity contribution in [3.63, 3.8) is 0 Å². The van der Waals surface area contributed by atoms with Crippen molar-refractivity contribution in [3.8, 4) is 0 Å². The molecule has 1 heterocycles. The fourth-order valence-electron chi connectivity index (χ4n) is 2.21. The second kappa shape index (κ2) is 9.71. The van der Waals surface area contributed by atoms with Crippen LogP contribution in [0.1, 0.15) is 41.0 Å². The quantitative estimate of drug-likeness (QED) is 0.512. The molecule has 26 heavy (non-hydrogen) atoms. The van der Waals surface area contributed by atoms with Crippen LogP contribution in [0.25, 0.3) is 0 Å². The van der Waals surface area contributed by atoms with Gasteiger partial charge in [-0.25, -0.2) is 0 Å². The number of carbonyl (C=O) groups is 3. The molecule has 0 bridgehead atoms. The van der Waals surface area contributed by atoms with Crippen LogP contribution in [0.5, 0.6) is 0 Å². The number of hydrogen-bond donors (Lipinski definition) is 1. The second-order valence-corrected chi connectivity index (χ2v) is 7.31. The molecule has 1 N–H and O–H groups in total. The Bertz CT molecular complexity index is 792. The third kappa shape index (κ3) is 6.12. The molecule has 8 heteroatoms. The fraction of sp³-hybridized carbons (Fsp3) is 0.278. The molecule has 0 aliphatic carbocycles. The Morgan fingerprint density at radius 2 is 1.96 bits per heavy atom. The molecule has 0 spiro atoms. The number of benzene rings is 1. The van der Waals surface area contributed by atoms with Crippen molar-refractivity contribution < 1.29 is 19.1 Å². The molecule has 1 atom stereocenters. The van der Waals surface area contributed by atoms with Gasteiger partial charge < -0.3 is 10.1 Å². The summed E-state index contributed by atoms with van der Waals surface area (Å²) in [6.45, 7) is 1.34. The molecule has 2 aromatic rings. The van der Waals surface area contributed by atoms with Gasteiger partial charge in [0, 0.05) is 16.5 Å². The van der Waals surface area contributed by atoms with Crippen molar-refractivity contribution in [2.45, 2.75) is 25.8 Å². The van der Waals surface area contributed by atoms with Gasteiger partial charge in [-0.15, -0.1) is 11.3 Å². The lowest BCUT2D eigenvalue weighted by molar-refractivity contribution is -0.148. The van der Waals surface area contributed by atoms with E-state index in [4.69, 9.17) is 27.9 Å². The zero-order valence-corrected chi connectivity index (χ0v) is 16.3. The molecule has 1 amide bonds. The highest BCUT2D eigenvalue weighted by Crippen LogP contribution is 2.26. The summed E-state index contributed by atoms with van der Waals surface area (Å²) >= 11 is 13.3. The maximum atomic E-state index is 11.9. The van der Waals surface area contributed by atoms with Crippen molar-refractivity contribution in [1.29, 1.82) is 0 Å². The lowest BCUT2D eigenvalue weighted by Crippen LogP contribution is -2.31. The molecule has 138 valence electrons. The first kappa shape index (κ1) is 20.4. The Kier molecular flexibility index (Phi) is 7.63. The minimum absolute atomic E-state index is 0.0533. The normalized spacial score (nSPS) is 11.7. The molecule has 5 nitrogen and oxygen atoms in total. The zero-order chi connectivity index (χ0) is 19.1. The van der Waals surface area contributed by atoms with Gasteiger partial charge in [0.15, 0.2) is 12.4 Å². The number of nitrogens with one attached hydrogen (secondary N) is 1. The van der Waals surface area contributed by atoms with Crippen LogP contribution in [0, 0.1) is 0 Å². The van der Waals surface area contributed by atoms with Crippen LogP contribution < -0.4 is 5.32 Å². The fourth-order valence-corrected chi connectivity index (χ4v) is 3.47. The maximum absolute atomic E-state index is 11.9. The molecule has 0 radical (unpaired) electrons. The van der Waals surface area contributed by atoms with Crippen LogP contribution in [0.3, 0.4) is 0 Å². The number of ether oxygens (including phenoxy) is 1. The summed E-state index contributed by atoms with van der Waals surface area (Å²) in [6, 6.07) is 8.09. The Morgan fingerprint density at radius 3 is 2.62 bits per heavy atom. The lowest BCUT2D eigenvalue weighted by Gasteiger charge is -2.16. The van der Waals surface area contributed by atoms with E-state index in [2.05, 4.69) is 5.32 Å². The molecule has 1 aromatic heterocycles. The number of carbonyl (C=O) groups excluding carboxylic acids is 3. The number of thiophene rings is 1. The van der Waals surface area contributed by atoms with Gasteiger partial charge in [0.25, 0.3) is 5.91 Å². The van der Waals surface area contributed by atoms with Crippen molar-refractivity contribution in [1.82, 2.24) is 5.32 Å². The maximum Gasteiger partial charge on any atom is 0.306 e. The number of rotatable bonds is 8.